The molecule has 1 aromatic rings. The first-order chi connectivity index (χ1) is 12.2. The Morgan fingerprint density at radius 1 is 0.963 bits per heavy atom. The molecule has 0 bridgehead atoms. The SMILES string of the molecule is CC(=O)[O-].CC(=O)[O-].COC1=CC=C=C[CH]1.O=C([O-])Cc1ccccc1.[Pb]. The zero-order valence-electron chi connectivity index (χ0n) is 15.3. The molecule has 0 aliphatic heterocycles. The van der Waals surface area contributed by atoms with E-state index in [1.807, 2.05) is 30.7 Å². The number of hydrogen-bond donors (Lipinski definition) is 0. The van der Waals surface area contributed by atoms with Crippen LogP contribution in [-0.4, -0.2) is 52.3 Å². The zero-order chi connectivity index (χ0) is 20.4. The second kappa shape index (κ2) is 19.9. The predicted octanol–water partition coefficient (Wildman–Crippen LogP) is -1.44. The van der Waals surface area contributed by atoms with E-state index in [4.69, 9.17) is 24.5 Å². The average Bonchev–Trinajstić information content (AvgIpc) is 2.55. The molecular weight excluding hydrogens is 547 g/mol. The monoisotopic (exact) mass is 568 g/mol. The number of aliphatic carboxylic acids is 3. The summed E-state index contributed by atoms with van der Waals surface area (Å²) in [5.41, 5.74) is 3.67. The number of carboxylic acid groups (broad SMARTS) is 3. The molecule has 0 spiro atoms. The fraction of sp³-hybridized carbons (Fsp3) is 0.211. The minimum atomic E-state index is -1.08. The van der Waals surface area contributed by atoms with E-state index < -0.39 is 17.9 Å². The number of carboxylic acids is 3. The molecule has 0 N–H and O–H groups in total. The molecule has 0 amide bonds. The van der Waals surface area contributed by atoms with E-state index in [2.05, 4.69) is 5.73 Å². The maximum Gasteiger partial charge on any atom is 0.105 e. The third kappa shape index (κ3) is 28.7. The zero-order valence-corrected chi connectivity index (χ0v) is 19.1. The van der Waals surface area contributed by atoms with Crippen LogP contribution in [-0.2, 0) is 25.5 Å². The first-order valence-corrected chi connectivity index (χ1v) is 7.28. The number of methoxy groups -OCH3 is 1. The Balaban J connectivity index is -0.000000305. The van der Waals surface area contributed by atoms with E-state index in [0.29, 0.717) is 0 Å². The van der Waals surface area contributed by atoms with Crippen LogP contribution in [0.1, 0.15) is 19.4 Å². The van der Waals surface area contributed by atoms with E-state index in [0.717, 1.165) is 25.2 Å². The second-order valence-corrected chi connectivity index (χ2v) is 4.46. The van der Waals surface area contributed by atoms with Crippen molar-refractivity contribution in [2.45, 2.75) is 20.3 Å². The number of hydrogen-bond acceptors (Lipinski definition) is 7. The van der Waals surface area contributed by atoms with E-state index >= 15 is 0 Å². The van der Waals surface area contributed by atoms with Gasteiger partial charge >= 0.3 is 0 Å². The van der Waals surface area contributed by atoms with E-state index in [9.17, 15) is 9.90 Å². The minimum absolute atomic E-state index is 0. The summed E-state index contributed by atoms with van der Waals surface area (Å²) in [5.74, 6) is -2.32. The maximum absolute atomic E-state index is 10.1. The molecule has 1 aliphatic rings. The predicted molar refractivity (Wildman–Crippen MR) is 94.3 cm³/mol. The van der Waals surface area contributed by atoms with Crippen LogP contribution in [0.4, 0.5) is 0 Å². The molecular formula is C19H20O7Pb-3. The van der Waals surface area contributed by atoms with Crippen LogP contribution in [0.2, 0.25) is 0 Å². The van der Waals surface area contributed by atoms with Gasteiger partial charge in [-0.25, -0.2) is 0 Å². The van der Waals surface area contributed by atoms with Crippen molar-refractivity contribution in [3.63, 3.8) is 0 Å². The van der Waals surface area contributed by atoms with Gasteiger partial charge in [-0.1, -0.05) is 30.3 Å². The molecule has 2 rings (SSSR count). The molecule has 0 unspecified atom stereocenters. The minimum Gasteiger partial charge on any atom is -0.550 e. The summed E-state index contributed by atoms with van der Waals surface area (Å²) in [5, 5.41) is 27.8. The van der Waals surface area contributed by atoms with Crippen molar-refractivity contribution in [2.24, 2.45) is 0 Å². The van der Waals surface area contributed by atoms with Gasteiger partial charge in [0.05, 0.1) is 13.5 Å². The topological polar surface area (TPSA) is 130 Å². The van der Waals surface area contributed by atoms with Crippen LogP contribution >= 0.6 is 0 Å². The summed E-state index contributed by atoms with van der Waals surface area (Å²) < 4.78 is 4.89. The van der Waals surface area contributed by atoms with Crippen molar-refractivity contribution < 1.29 is 34.4 Å². The maximum atomic E-state index is 10.1. The molecule has 7 nitrogen and oxygen atoms in total. The van der Waals surface area contributed by atoms with E-state index in [1.165, 1.54) is 0 Å². The summed E-state index contributed by atoms with van der Waals surface area (Å²) in [6.07, 6.45) is 7.36. The van der Waals surface area contributed by atoms with Crippen LogP contribution < -0.4 is 15.3 Å². The number of allylic oxidation sites excluding steroid dienone is 2. The van der Waals surface area contributed by atoms with Gasteiger partial charge in [0.25, 0.3) is 0 Å². The molecule has 0 heterocycles. The molecule has 0 fully saturated rings. The quantitative estimate of drug-likeness (QED) is 0.323. The Morgan fingerprint density at radius 3 is 1.74 bits per heavy atom. The summed E-state index contributed by atoms with van der Waals surface area (Å²) >= 11 is 0. The van der Waals surface area contributed by atoms with Crippen LogP contribution in [0.3, 0.4) is 0 Å². The van der Waals surface area contributed by atoms with Gasteiger partial charge in [0.2, 0.25) is 0 Å². The number of rotatable bonds is 3. The van der Waals surface area contributed by atoms with Crippen molar-refractivity contribution in [1.29, 1.82) is 0 Å². The number of carbonyl (C=O) groups is 3. The molecule has 27 heavy (non-hydrogen) atoms. The van der Waals surface area contributed by atoms with Gasteiger partial charge < -0.3 is 34.4 Å². The summed E-state index contributed by atoms with van der Waals surface area (Å²) in [4.78, 5) is 27.8. The third-order valence-corrected chi connectivity index (χ3v) is 2.11. The van der Waals surface area contributed by atoms with Crippen molar-refractivity contribution in [3.05, 3.63) is 72.0 Å². The smallest absolute Gasteiger partial charge is 0.105 e. The number of carbonyl (C=O) groups excluding carboxylic acids is 3. The summed E-state index contributed by atoms with van der Waals surface area (Å²) in [6.45, 7) is 1.94. The Kier molecular flexibility index (Phi) is 21.7. The van der Waals surface area contributed by atoms with Gasteiger partial charge in [-0.15, -0.1) is 5.73 Å². The normalized spacial score (nSPS) is 9.96. The molecule has 0 aromatic heterocycles. The van der Waals surface area contributed by atoms with Crippen LogP contribution in [0.25, 0.3) is 0 Å². The van der Waals surface area contributed by atoms with Gasteiger partial charge in [-0.2, -0.15) is 0 Å². The molecule has 5 radical (unpaired) electrons. The van der Waals surface area contributed by atoms with Crippen molar-refractivity contribution in [2.75, 3.05) is 7.11 Å². The standard InChI is InChI=1S/C8H8O2.C7H7O.2C2H4O2.Pb/c9-8(10)6-7-4-2-1-3-5-7;1-8-7-5-3-2-4-6-7;2*1-2(3)4;/h1-5H,6H2,(H,9,10);3-6H,1H3;2*1H3,(H,3,4);/p-3. The Hall–Kier alpha value is -2.39. The Labute approximate surface area is 178 Å². The van der Waals surface area contributed by atoms with Crippen molar-refractivity contribution >= 4 is 45.2 Å². The molecule has 0 saturated heterocycles. The van der Waals surface area contributed by atoms with Gasteiger partial charge in [-0.3, -0.25) is 0 Å². The average molecular weight is 568 g/mol. The van der Waals surface area contributed by atoms with Gasteiger partial charge in [0, 0.05) is 51.6 Å². The first-order valence-electron chi connectivity index (χ1n) is 7.28. The molecule has 0 atom stereocenters. The molecule has 1 aliphatic carbocycles. The van der Waals surface area contributed by atoms with Crippen LogP contribution in [0.5, 0.6) is 0 Å². The van der Waals surface area contributed by atoms with E-state index in [-0.39, 0.29) is 33.7 Å². The van der Waals surface area contributed by atoms with Crippen LogP contribution in [0.15, 0.2) is 60.1 Å². The fourth-order valence-corrected chi connectivity index (χ4v) is 1.27. The molecule has 1 aromatic carbocycles. The Bertz CT molecular complexity index is 625. The molecule has 145 valence electrons. The summed E-state index contributed by atoms with van der Waals surface area (Å²) in [7, 11) is 1.65. The third-order valence-electron chi connectivity index (χ3n) is 2.11. The fourth-order valence-electron chi connectivity index (χ4n) is 1.27. The second-order valence-electron chi connectivity index (χ2n) is 4.46. The molecule has 0 saturated carbocycles. The number of ether oxygens (including phenoxy) is 1. The first kappa shape index (κ1) is 29.4. The van der Waals surface area contributed by atoms with E-state index in [1.54, 1.807) is 31.4 Å². The largest absolute Gasteiger partial charge is 0.550 e. The Morgan fingerprint density at radius 2 is 1.44 bits per heavy atom. The van der Waals surface area contributed by atoms with Gasteiger partial charge in [0.15, 0.2) is 0 Å². The number of benzene rings is 1. The van der Waals surface area contributed by atoms with Crippen LogP contribution in [0, 0.1) is 6.42 Å². The van der Waals surface area contributed by atoms with Crippen molar-refractivity contribution in [1.82, 2.24) is 0 Å². The van der Waals surface area contributed by atoms with Gasteiger partial charge in [0.1, 0.15) is 5.76 Å². The summed E-state index contributed by atoms with van der Waals surface area (Å²) in [6, 6.07) is 8.97. The molecule has 8 heteroatoms. The van der Waals surface area contributed by atoms with Gasteiger partial charge in [-0.05, 0) is 37.6 Å². The van der Waals surface area contributed by atoms with Crippen molar-refractivity contribution in [3.8, 4) is 0 Å².